The Kier molecular flexibility index (Phi) is 8.90. The lowest BCUT2D eigenvalue weighted by Gasteiger charge is -2.23. The van der Waals surface area contributed by atoms with E-state index in [1.165, 1.54) is 43.5 Å². The summed E-state index contributed by atoms with van der Waals surface area (Å²) in [6.45, 7) is 24.7. The van der Waals surface area contributed by atoms with Gasteiger partial charge in [-0.15, -0.1) is 11.3 Å². The highest BCUT2D eigenvalue weighted by atomic mass is 32.1. The average molecular weight is 703 g/mol. The molecule has 3 nitrogen and oxygen atoms in total. The number of benzene rings is 4. The predicted molar refractivity (Wildman–Crippen MR) is 223 cm³/mol. The van der Waals surface area contributed by atoms with E-state index in [0.29, 0.717) is 11.8 Å². The molecule has 0 unspecified atom stereocenters. The molecule has 264 valence electrons. The number of aryl methyl sites for hydroxylation is 2. The predicted octanol–water partition coefficient (Wildman–Crippen LogP) is 14.1. The minimum Gasteiger partial charge on any atom is -0.421 e. The number of rotatable bonds is 5. The Morgan fingerprint density at radius 3 is 1.98 bits per heavy atom. The lowest BCUT2D eigenvalue weighted by molar-refractivity contribution is 0.446. The molecule has 0 aliphatic heterocycles. The number of aromatic nitrogens is 2. The second kappa shape index (κ2) is 13.0. The molecule has 3 heterocycles. The quantitative estimate of drug-likeness (QED) is 0.179. The molecule has 4 aromatic carbocycles. The van der Waals surface area contributed by atoms with Gasteiger partial charge in [-0.2, -0.15) is 0 Å². The largest absolute Gasteiger partial charge is 0.421 e. The van der Waals surface area contributed by atoms with Crippen molar-refractivity contribution in [2.45, 2.75) is 92.4 Å². The van der Waals surface area contributed by atoms with Crippen LogP contribution in [0, 0.1) is 13.8 Å². The van der Waals surface area contributed by atoms with Crippen molar-refractivity contribution in [2.75, 3.05) is 0 Å². The Morgan fingerprint density at radius 1 is 0.558 bits per heavy atom. The van der Waals surface area contributed by atoms with E-state index >= 15 is 0 Å². The Bertz CT molecular complexity index is 2470. The number of thiophene rings is 1. The van der Waals surface area contributed by atoms with Gasteiger partial charge in [0.2, 0.25) is 11.8 Å². The van der Waals surface area contributed by atoms with Crippen LogP contribution in [0.25, 0.3) is 53.8 Å². The molecule has 0 radical (unpaired) electrons. The lowest BCUT2D eigenvalue weighted by atomic mass is 9.82. The maximum absolute atomic E-state index is 6.65. The summed E-state index contributed by atoms with van der Waals surface area (Å²) in [5, 5.41) is 3.59. The molecule has 0 aliphatic rings. The third-order valence-corrected chi connectivity index (χ3v) is 11.1. The monoisotopic (exact) mass is 702 g/mol. The molecule has 3 aromatic heterocycles. The zero-order chi connectivity index (χ0) is 37.2. The topological polar surface area (TPSA) is 35.0 Å². The van der Waals surface area contributed by atoms with Crippen molar-refractivity contribution in [3.63, 3.8) is 0 Å². The Morgan fingerprint density at radius 2 is 1.27 bits per heavy atom. The summed E-state index contributed by atoms with van der Waals surface area (Å²) in [6, 6.07) is 37.4. The summed E-state index contributed by atoms with van der Waals surface area (Å²) < 4.78 is 7.80. The molecule has 0 bridgehead atoms. The maximum atomic E-state index is 6.65. The highest BCUT2D eigenvalue weighted by molar-refractivity contribution is 7.22. The normalized spacial score (nSPS) is 12.5. The number of nitrogens with zero attached hydrogens (tertiary/aromatic N) is 2. The summed E-state index contributed by atoms with van der Waals surface area (Å²) in [5.41, 5.74) is 11.6. The van der Waals surface area contributed by atoms with Gasteiger partial charge in [-0.05, 0) is 105 Å². The molecule has 0 atom stereocenters. The van der Waals surface area contributed by atoms with Crippen LogP contribution in [0.1, 0.15) is 90.1 Å². The molecule has 0 aliphatic carbocycles. The molecule has 0 saturated heterocycles. The van der Waals surface area contributed by atoms with Gasteiger partial charge < -0.3 is 4.74 Å². The first-order valence-corrected chi connectivity index (χ1v) is 19.1. The van der Waals surface area contributed by atoms with E-state index < -0.39 is 0 Å². The van der Waals surface area contributed by atoms with E-state index in [1.54, 1.807) is 11.3 Å². The van der Waals surface area contributed by atoms with Gasteiger partial charge in [0.15, 0.2) is 0 Å². The average Bonchev–Trinajstić information content (AvgIpc) is 3.50. The van der Waals surface area contributed by atoms with E-state index in [4.69, 9.17) is 14.7 Å². The van der Waals surface area contributed by atoms with Crippen molar-refractivity contribution in [2.24, 2.45) is 0 Å². The zero-order valence-corrected chi connectivity index (χ0v) is 33.3. The minimum absolute atomic E-state index is 0.0388. The van der Waals surface area contributed by atoms with Crippen LogP contribution in [0.2, 0.25) is 0 Å². The van der Waals surface area contributed by atoms with Crippen LogP contribution in [0.15, 0.2) is 103 Å². The van der Waals surface area contributed by atoms with Crippen molar-refractivity contribution < 1.29 is 4.74 Å². The van der Waals surface area contributed by atoms with E-state index in [1.807, 2.05) is 6.07 Å². The summed E-state index contributed by atoms with van der Waals surface area (Å²) in [7, 11) is 0. The Labute approximate surface area is 313 Å². The van der Waals surface area contributed by atoms with Gasteiger partial charge >= 0.3 is 0 Å². The third kappa shape index (κ3) is 7.14. The van der Waals surface area contributed by atoms with E-state index in [-0.39, 0.29) is 16.2 Å². The van der Waals surface area contributed by atoms with Crippen LogP contribution >= 0.6 is 11.3 Å². The SMILES string of the molecule is Cc1cc(Oc2cc3cc(-c4ccc(C(C)(C)C)cc4C)sc3c(-c3cc(C(C)(C)C)c4ccccc4c3)n2)nc(-c2cccc(C(C)(C)C)c2)c1. The van der Waals surface area contributed by atoms with Gasteiger partial charge in [0.1, 0.15) is 0 Å². The van der Waals surface area contributed by atoms with Crippen molar-refractivity contribution in [1.82, 2.24) is 9.97 Å². The van der Waals surface area contributed by atoms with Crippen molar-refractivity contribution in [3.05, 3.63) is 131 Å². The van der Waals surface area contributed by atoms with Crippen LogP contribution in [-0.2, 0) is 16.2 Å². The van der Waals surface area contributed by atoms with Gasteiger partial charge in [0.05, 0.1) is 16.1 Å². The van der Waals surface area contributed by atoms with Crippen molar-refractivity contribution >= 4 is 32.2 Å². The van der Waals surface area contributed by atoms with Gasteiger partial charge in [0, 0.05) is 33.5 Å². The maximum Gasteiger partial charge on any atom is 0.222 e. The fourth-order valence-corrected chi connectivity index (χ4v) is 8.21. The second-order valence-corrected chi connectivity index (χ2v) is 18.5. The number of hydrogen-bond donors (Lipinski definition) is 0. The van der Waals surface area contributed by atoms with Crippen LogP contribution in [-0.4, -0.2) is 9.97 Å². The standard InChI is InChI=1S/C48H50N2OS/c1-29-21-40(32-16-14-17-35(25-32)46(3,4)5)49-42(22-29)51-43-28-34-27-41(37-20-19-36(23-30(37)2)47(6,7)8)52-45(34)44(50-43)33-24-31-15-12-13-18-38(31)39(26-33)48(9,10)11/h12-28H,1-11H3. The second-order valence-electron chi connectivity index (χ2n) is 17.4. The summed E-state index contributed by atoms with van der Waals surface area (Å²) >= 11 is 1.80. The van der Waals surface area contributed by atoms with Crippen molar-refractivity contribution in [1.29, 1.82) is 0 Å². The van der Waals surface area contributed by atoms with Gasteiger partial charge in [0.25, 0.3) is 0 Å². The minimum atomic E-state index is -0.0540. The Balaban J connectivity index is 1.40. The Hall–Kier alpha value is -4.80. The summed E-state index contributed by atoms with van der Waals surface area (Å²) in [4.78, 5) is 11.5. The molecule has 0 N–H and O–H groups in total. The van der Waals surface area contributed by atoms with E-state index in [2.05, 4.69) is 173 Å². The van der Waals surface area contributed by atoms with Crippen molar-refractivity contribution in [3.8, 4) is 44.7 Å². The lowest BCUT2D eigenvalue weighted by Crippen LogP contribution is -2.12. The van der Waals surface area contributed by atoms with Gasteiger partial charge in [-0.3, -0.25) is 0 Å². The first-order valence-electron chi connectivity index (χ1n) is 18.3. The fourth-order valence-electron chi connectivity index (χ4n) is 6.97. The molecule has 0 amide bonds. The number of fused-ring (bicyclic) bond motifs is 2. The summed E-state index contributed by atoms with van der Waals surface area (Å²) in [5.74, 6) is 1.07. The van der Waals surface area contributed by atoms with E-state index in [9.17, 15) is 0 Å². The molecule has 7 aromatic rings. The fraction of sp³-hybridized carbons (Fsp3) is 0.292. The van der Waals surface area contributed by atoms with Crippen LogP contribution in [0.5, 0.6) is 11.8 Å². The first-order chi connectivity index (χ1) is 24.4. The number of hydrogen-bond acceptors (Lipinski definition) is 4. The number of pyridine rings is 2. The molecule has 7 rings (SSSR count). The van der Waals surface area contributed by atoms with Crippen LogP contribution < -0.4 is 4.74 Å². The molecule has 52 heavy (non-hydrogen) atoms. The highest BCUT2D eigenvalue weighted by Gasteiger charge is 2.22. The third-order valence-electron chi connectivity index (χ3n) is 9.96. The highest BCUT2D eigenvalue weighted by Crippen LogP contribution is 2.44. The van der Waals surface area contributed by atoms with Crippen LogP contribution in [0.4, 0.5) is 0 Å². The molecule has 0 spiro atoms. The first kappa shape index (κ1) is 35.6. The van der Waals surface area contributed by atoms with Gasteiger partial charge in [-0.25, -0.2) is 9.97 Å². The molecular weight excluding hydrogens is 653 g/mol. The van der Waals surface area contributed by atoms with Crippen LogP contribution in [0.3, 0.4) is 0 Å². The molecule has 4 heteroatoms. The van der Waals surface area contributed by atoms with Gasteiger partial charge in [-0.1, -0.05) is 123 Å². The smallest absolute Gasteiger partial charge is 0.222 e. The molecule has 0 saturated carbocycles. The van der Waals surface area contributed by atoms with E-state index in [0.717, 1.165) is 38.2 Å². The summed E-state index contributed by atoms with van der Waals surface area (Å²) in [6.07, 6.45) is 0. The zero-order valence-electron chi connectivity index (χ0n) is 32.5. The number of ether oxygens (including phenoxy) is 1. The molecular formula is C48H50N2OS. The molecule has 0 fully saturated rings.